The van der Waals surface area contributed by atoms with Gasteiger partial charge in [-0.05, 0) is 36.6 Å². The Bertz CT molecular complexity index is 931. The molecule has 0 saturated heterocycles. The number of ether oxygens (including phenoxy) is 1. The number of methoxy groups -OCH3 is 1. The molecule has 0 N–H and O–H groups in total. The molecule has 0 radical (unpaired) electrons. The number of hydrogen-bond acceptors (Lipinski definition) is 3. The van der Waals surface area contributed by atoms with Gasteiger partial charge in [-0.2, -0.15) is 4.39 Å². The van der Waals surface area contributed by atoms with Gasteiger partial charge in [0.15, 0.2) is 0 Å². The van der Waals surface area contributed by atoms with Gasteiger partial charge in [0, 0.05) is 30.4 Å². The van der Waals surface area contributed by atoms with Crippen molar-refractivity contribution in [1.29, 1.82) is 0 Å². The lowest BCUT2D eigenvalue weighted by molar-refractivity contribution is 0.0674. The molecule has 0 spiro atoms. The molecule has 0 bridgehead atoms. The predicted octanol–water partition coefficient (Wildman–Crippen LogP) is 4.50. The van der Waals surface area contributed by atoms with Gasteiger partial charge in [0.2, 0.25) is 5.95 Å². The second-order valence-electron chi connectivity index (χ2n) is 6.65. The van der Waals surface area contributed by atoms with Crippen LogP contribution in [-0.4, -0.2) is 28.9 Å². The molecule has 1 aromatic heterocycles. The number of rotatable bonds is 7. The second-order valence-corrected chi connectivity index (χ2v) is 6.65. The molecule has 0 fully saturated rings. The van der Waals surface area contributed by atoms with Gasteiger partial charge in [-0.1, -0.05) is 48.5 Å². The van der Waals surface area contributed by atoms with E-state index in [2.05, 4.69) is 4.98 Å². The van der Waals surface area contributed by atoms with Crippen LogP contribution in [0.2, 0.25) is 0 Å². The van der Waals surface area contributed by atoms with Crippen LogP contribution in [0.25, 0.3) is 0 Å². The molecule has 1 amide bonds. The van der Waals surface area contributed by atoms with E-state index in [9.17, 15) is 9.18 Å². The Morgan fingerprint density at radius 2 is 1.82 bits per heavy atom. The van der Waals surface area contributed by atoms with Gasteiger partial charge in [0.25, 0.3) is 5.91 Å². The van der Waals surface area contributed by atoms with Crippen molar-refractivity contribution in [2.75, 3.05) is 7.11 Å². The lowest BCUT2D eigenvalue weighted by atomic mass is 10.0. The number of para-hydroxylation sites is 1. The van der Waals surface area contributed by atoms with Gasteiger partial charge >= 0.3 is 0 Å². The van der Waals surface area contributed by atoms with Gasteiger partial charge in [-0.3, -0.25) is 4.79 Å². The third kappa shape index (κ3) is 4.74. The standard InChI is InChI=1S/C23H23FN2O2/c1-17(14-19-10-6-7-11-21(19)28-2)26(16-18-8-4-3-5-9-18)23(27)20-12-13-25-22(24)15-20/h3-13,15,17H,14,16H2,1-2H3. The second kappa shape index (κ2) is 9.13. The van der Waals surface area contributed by atoms with Crippen LogP contribution in [0.15, 0.2) is 72.9 Å². The number of benzene rings is 2. The number of halogens is 1. The van der Waals surface area contributed by atoms with E-state index in [1.807, 2.05) is 61.5 Å². The van der Waals surface area contributed by atoms with Crippen molar-refractivity contribution in [1.82, 2.24) is 9.88 Å². The molecular formula is C23H23FN2O2. The molecule has 5 heteroatoms. The summed E-state index contributed by atoms with van der Waals surface area (Å²) in [6.07, 6.45) is 1.93. The Morgan fingerprint density at radius 1 is 1.11 bits per heavy atom. The molecule has 3 aromatic rings. The van der Waals surface area contributed by atoms with Crippen molar-refractivity contribution in [2.45, 2.75) is 25.9 Å². The van der Waals surface area contributed by atoms with Crippen molar-refractivity contribution in [3.05, 3.63) is 95.6 Å². The monoisotopic (exact) mass is 378 g/mol. The van der Waals surface area contributed by atoms with E-state index in [1.165, 1.54) is 12.3 Å². The molecule has 144 valence electrons. The molecule has 1 unspecified atom stereocenters. The van der Waals surface area contributed by atoms with Crippen LogP contribution < -0.4 is 4.74 Å². The Balaban J connectivity index is 1.89. The summed E-state index contributed by atoms with van der Waals surface area (Å²) in [6.45, 7) is 2.42. The minimum absolute atomic E-state index is 0.125. The molecule has 28 heavy (non-hydrogen) atoms. The minimum atomic E-state index is -0.664. The minimum Gasteiger partial charge on any atom is -0.496 e. The third-order valence-corrected chi connectivity index (χ3v) is 4.67. The van der Waals surface area contributed by atoms with Crippen LogP contribution in [0, 0.1) is 5.95 Å². The highest BCUT2D eigenvalue weighted by molar-refractivity contribution is 5.94. The highest BCUT2D eigenvalue weighted by atomic mass is 19.1. The van der Waals surface area contributed by atoms with Crippen molar-refractivity contribution >= 4 is 5.91 Å². The molecule has 0 aliphatic carbocycles. The maximum atomic E-state index is 13.6. The number of amides is 1. The van der Waals surface area contributed by atoms with Crippen LogP contribution in [-0.2, 0) is 13.0 Å². The van der Waals surface area contributed by atoms with E-state index in [4.69, 9.17) is 4.74 Å². The molecule has 0 saturated carbocycles. The zero-order valence-electron chi connectivity index (χ0n) is 16.0. The molecule has 1 heterocycles. The molecule has 0 aliphatic rings. The Morgan fingerprint density at radius 3 is 2.54 bits per heavy atom. The Labute approximate surface area is 164 Å². The van der Waals surface area contributed by atoms with Crippen LogP contribution in [0.3, 0.4) is 0 Å². The maximum absolute atomic E-state index is 13.6. The average Bonchev–Trinajstić information content (AvgIpc) is 2.72. The summed E-state index contributed by atoms with van der Waals surface area (Å²) < 4.78 is 19.0. The fraction of sp³-hybridized carbons (Fsp3) is 0.217. The van der Waals surface area contributed by atoms with Crippen molar-refractivity contribution in [3.8, 4) is 5.75 Å². The number of pyridine rings is 1. The number of nitrogens with zero attached hydrogens (tertiary/aromatic N) is 2. The first-order valence-corrected chi connectivity index (χ1v) is 9.17. The number of hydrogen-bond donors (Lipinski definition) is 0. The number of aromatic nitrogens is 1. The fourth-order valence-corrected chi connectivity index (χ4v) is 3.21. The zero-order chi connectivity index (χ0) is 19.9. The molecular weight excluding hydrogens is 355 g/mol. The summed E-state index contributed by atoms with van der Waals surface area (Å²) in [4.78, 5) is 18.5. The van der Waals surface area contributed by atoms with Crippen LogP contribution in [0.1, 0.15) is 28.4 Å². The SMILES string of the molecule is COc1ccccc1CC(C)N(Cc1ccccc1)C(=O)c1ccnc(F)c1. The highest BCUT2D eigenvalue weighted by Crippen LogP contribution is 2.22. The van der Waals surface area contributed by atoms with E-state index in [0.29, 0.717) is 13.0 Å². The molecule has 2 aromatic carbocycles. The predicted molar refractivity (Wildman–Crippen MR) is 107 cm³/mol. The first kappa shape index (κ1) is 19.5. The van der Waals surface area contributed by atoms with Crippen LogP contribution in [0.4, 0.5) is 4.39 Å². The lowest BCUT2D eigenvalue weighted by Crippen LogP contribution is -2.39. The van der Waals surface area contributed by atoms with Gasteiger partial charge in [0.1, 0.15) is 5.75 Å². The fourth-order valence-electron chi connectivity index (χ4n) is 3.21. The number of carbonyl (C=O) groups excluding carboxylic acids is 1. The topological polar surface area (TPSA) is 42.4 Å². The summed E-state index contributed by atoms with van der Waals surface area (Å²) in [6, 6.07) is 20.1. The van der Waals surface area contributed by atoms with E-state index in [1.54, 1.807) is 18.1 Å². The van der Waals surface area contributed by atoms with Gasteiger partial charge in [0.05, 0.1) is 7.11 Å². The summed E-state index contributed by atoms with van der Waals surface area (Å²) in [5, 5.41) is 0. The first-order valence-electron chi connectivity index (χ1n) is 9.17. The van der Waals surface area contributed by atoms with Crippen LogP contribution >= 0.6 is 0 Å². The summed E-state index contributed by atoms with van der Waals surface area (Å²) in [7, 11) is 1.64. The Kier molecular flexibility index (Phi) is 6.37. The first-order chi connectivity index (χ1) is 13.6. The maximum Gasteiger partial charge on any atom is 0.254 e. The molecule has 3 rings (SSSR count). The van der Waals surface area contributed by atoms with Crippen molar-refractivity contribution in [2.24, 2.45) is 0 Å². The summed E-state index contributed by atoms with van der Waals surface area (Å²) >= 11 is 0. The van der Waals surface area contributed by atoms with Gasteiger partial charge in [-0.25, -0.2) is 4.98 Å². The van der Waals surface area contributed by atoms with Gasteiger partial charge < -0.3 is 9.64 Å². The largest absolute Gasteiger partial charge is 0.496 e. The highest BCUT2D eigenvalue weighted by Gasteiger charge is 2.23. The van der Waals surface area contributed by atoms with E-state index < -0.39 is 5.95 Å². The Hall–Kier alpha value is -3.21. The molecule has 0 aliphatic heterocycles. The van der Waals surface area contributed by atoms with Crippen molar-refractivity contribution < 1.29 is 13.9 Å². The lowest BCUT2D eigenvalue weighted by Gasteiger charge is -2.30. The van der Waals surface area contributed by atoms with Gasteiger partial charge in [-0.15, -0.1) is 0 Å². The summed E-state index contributed by atoms with van der Waals surface area (Å²) in [5.41, 5.74) is 2.32. The van der Waals surface area contributed by atoms with E-state index in [0.717, 1.165) is 16.9 Å². The van der Waals surface area contributed by atoms with Crippen molar-refractivity contribution in [3.63, 3.8) is 0 Å². The molecule has 1 atom stereocenters. The number of carbonyl (C=O) groups is 1. The normalized spacial score (nSPS) is 11.7. The molecule has 4 nitrogen and oxygen atoms in total. The quantitative estimate of drug-likeness (QED) is 0.569. The average molecular weight is 378 g/mol. The zero-order valence-corrected chi connectivity index (χ0v) is 16.0. The smallest absolute Gasteiger partial charge is 0.254 e. The van der Waals surface area contributed by atoms with Crippen LogP contribution in [0.5, 0.6) is 5.75 Å². The summed E-state index contributed by atoms with van der Waals surface area (Å²) in [5.74, 6) is -0.105. The third-order valence-electron chi connectivity index (χ3n) is 4.67. The van der Waals surface area contributed by atoms with E-state index >= 15 is 0 Å². The van der Waals surface area contributed by atoms with E-state index in [-0.39, 0.29) is 17.5 Å².